The fourth-order valence-electron chi connectivity index (χ4n) is 3.06. The molecule has 1 saturated carbocycles. The Morgan fingerprint density at radius 1 is 1.22 bits per heavy atom. The van der Waals surface area contributed by atoms with Crippen molar-refractivity contribution >= 4 is 11.3 Å². The van der Waals surface area contributed by atoms with E-state index in [4.69, 9.17) is 0 Å². The van der Waals surface area contributed by atoms with E-state index in [0.29, 0.717) is 12.1 Å². The zero-order valence-corrected chi connectivity index (χ0v) is 12.9. The zero-order chi connectivity index (χ0) is 13.0. The maximum atomic E-state index is 3.81. The molecular formula is C16H27NS. The number of hydrogen-bond donors (Lipinski definition) is 1. The Kier molecular flexibility index (Phi) is 5.25. The molecule has 1 heterocycles. The van der Waals surface area contributed by atoms with Crippen molar-refractivity contribution in [3.05, 3.63) is 21.9 Å². The fourth-order valence-corrected chi connectivity index (χ4v) is 4.03. The predicted octanol–water partition coefficient (Wildman–Crippen LogP) is 4.93. The average molecular weight is 265 g/mol. The van der Waals surface area contributed by atoms with Crippen LogP contribution in [0, 0.1) is 5.92 Å². The van der Waals surface area contributed by atoms with Crippen molar-refractivity contribution in [3.63, 3.8) is 0 Å². The lowest BCUT2D eigenvalue weighted by molar-refractivity contribution is 0.269. The summed E-state index contributed by atoms with van der Waals surface area (Å²) in [6, 6.07) is 5.75. The summed E-state index contributed by atoms with van der Waals surface area (Å²) in [7, 11) is 0. The van der Waals surface area contributed by atoms with Gasteiger partial charge in [0, 0.05) is 21.8 Å². The molecule has 1 aromatic heterocycles. The maximum absolute atomic E-state index is 3.81. The van der Waals surface area contributed by atoms with Crippen LogP contribution in [0.3, 0.4) is 0 Å². The van der Waals surface area contributed by atoms with Crippen LogP contribution in [-0.2, 0) is 6.42 Å². The van der Waals surface area contributed by atoms with Crippen molar-refractivity contribution in [1.82, 2.24) is 5.32 Å². The molecule has 2 unspecified atom stereocenters. The summed E-state index contributed by atoms with van der Waals surface area (Å²) in [6.45, 7) is 6.92. The van der Waals surface area contributed by atoms with Gasteiger partial charge in [0.2, 0.25) is 0 Å². The molecule has 0 amide bonds. The first-order valence-corrected chi connectivity index (χ1v) is 8.37. The molecule has 102 valence electrons. The van der Waals surface area contributed by atoms with E-state index in [1.807, 2.05) is 11.3 Å². The van der Waals surface area contributed by atoms with Gasteiger partial charge in [-0.3, -0.25) is 0 Å². The van der Waals surface area contributed by atoms with Gasteiger partial charge in [0.25, 0.3) is 0 Å². The summed E-state index contributed by atoms with van der Waals surface area (Å²) in [5, 5.41) is 3.81. The lowest BCUT2D eigenvalue weighted by Crippen LogP contribution is -2.36. The van der Waals surface area contributed by atoms with E-state index in [2.05, 4.69) is 38.2 Å². The molecule has 1 aliphatic rings. The molecule has 1 fully saturated rings. The number of hydrogen-bond acceptors (Lipinski definition) is 2. The van der Waals surface area contributed by atoms with Gasteiger partial charge in [-0.15, -0.1) is 11.3 Å². The van der Waals surface area contributed by atoms with Crippen LogP contribution in [0.4, 0.5) is 0 Å². The van der Waals surface area contributed by atoms with Crippen LogP contribution in [0.2, 0.25) is 0 Å². The first-order valence-electron chi connectivity index (χ1n) is 7.55. The average Bonchev–Trinajstić information content (AvgIpc) is 2.88. The number of thiophene rings is 1. The van der Waals surface area contributed by atoms with Crippen molar-refractivity contribution < 1.29 is 0 Å². The van der Waals surface area contributed by atoms with Crippen molar-refractivity contribution in [2.45, 2.75) is 71.4 Å². The van der Waals surface area contributed by atoms with Crippen LogP contribution in [0.5, 0.6) is 0 Å². The first-order chi connectivity index (χ1) is 8.70. The minimum Gasteiger partial charge on any atom is -0.307 e. The summed E-state index contributed by atoms with van der Waals surface area (Å²) >= 11 is 1.97. The van der Waals surface area contributed by atoms with Crippen LogP contribution in [0.1, 0.15) is 68.7 Å². The van der Waals surface area contributed by atoms with Crippen LogP contribution in [-0.4, -0.2) is 6.04 Å². The van der Waals surface area contributed by atoms with E-state index >= 15 is 0 Å². The standard InChI is InChI=1S/C16H27NS/c1-4-15-10-11-16(18-15)13(3)17-12(2)14-8-6-5-7-9-14/h10-14,17H,4-9H2,1-3H3. The molecule has 1 N–H and O–H groups in total. The van der Waals surface area contributed by atoms with E-state index in [-0.39, 0.29) is 0 Å². The van der Waals surface area contributed by atoms with Crippen molar-refractivity contribution in [3.8, 4) is 0 Å². The van der Waals surface area contributed by atoms with Gasteiger partial charge in [-0.25, -0.2) is 0 Å². The van der Waals surface area contributed by atoms with Crippen LogP contribution in [0.25, 0.3) is 0 Å². The monoisotopic (exact) mass is 265 g/mol. The molecule has 2 heteroatoms. The predicted molar refractivity (Wildman–Crippen MR) is 81.3 cm³/mol. The first kappa shape index (κ1) is 14.1. The molecule has 0 aliphatic heterocycles. The van der Waals surface area contributed by atoms with Crippen molar-refractivity contribution in [2.75, 3.05) is 0 Å². The van der Waals surface area contributed by atoms with Gasteiger partial charge >= 0.3 is 0 Å². The highest BCUT2D eigenvalue weighted by Gasteiger charge is 2.21. The molecule has 0 spiro atoms. The number of rotatable bonds is 5. The lowest BCUT2D eigenvalue weighted by Gasteiger charge is -2.30. The van der Waals surface area contributed by atoms with E-state index in [1.54, 1.807) is 0 Å². The Labute approximate surface area is 116 Å². The minimum atomic E-state index is 0.507. The van der Waals surface area contributed by atoms with Gasteiger partial charge < -0.3 is 5.32 Å². The van der Waals surface area contributed by atoms with Gasteiger partial charge in [-0.2, -0.15) is 0 Å². The van der Waals surface area contributed by atoms with E-state index in [0.717, 1.165) is 12.3 Å². The third-order valence-corrected chi connectivity index (χ3v) is 5.74. The molecule has 2 atom stereocenters. The van der Waals surface area contributed by atoms with Crippen LogP contribution >= 0.6 is 11.3 Å². The van der Waals surface area contributed by atoms with Gasteiger partial charge in [0.1, 0.15) is 0 Å². The topological polar surface area (TPSA) is 12.0 Å². The van der Waals surface area contributed by atoms with Gasteiger partial charge in [0.15, 0.2) is 0 Å². The Morgan fingerprint density at radius 2 is 1.94 bits per heavy atom. The summed E-state index contributed by atoms with van der Waals surface area (Å²) in [5.74, 6) is 0.895. The quantitative estimate of drug-likeness (QED) is 0.796. The molecule has 0 saturated heterocycles. The normalized spacial score (nSPS) is 20.8. The second-order valence-electron chi connectivity index (χ2n) is 5.73. The van der Waals surface area contributed by atoms with E-state index in [1.165, 1.54) is 41.9 Å². The molecule has 2 rings (SSSR count). The number of aryl methyl sites for hydroxylation is 1. The molecule has 0 bridgehead atoms. The summed E-state index contributed by atoms with van der Waals surface area (Å²) in [5.41, 5.74) is 0. The zero-order valence-electron chi connectivity index (χ0n) is 12.0. The molecular weight excluding hydrogens is 238 g/mol. The Hall–Kier alpha value is -0.340. The summed E-state index contributed by atoms with van der Waals surface area (Å²) in [6.07, 6.45) is 8.32. The smallest absolute Gasteiger partial charge is 0.0388 e. The summed E-state index contributed by atoms with van der Waals surface area (Å²) < 4.78 is 0. The second-order valence-corrected chi connectivity index (χ2v) is 6.93. The SMILES string of the molecule is CCc1ccc(C(C)NC(C)C2CCCCC2)s1. The number of nitrogens with one attached hydrogen (secondary N) is 1. The van der Waals surface area contributed by atoms with Gasteiger partial charge in [-0.1, -0.05) is 26.2 Å². The molecule has 18 heavy (non-hydrogen) atoms. The Bertz CT molecular complexity index is 352. The molecule has 1 aromatic rings. The minimum absolute atomic E-state index is 0.507. The Morgan fingerprint density at radius 3 is 2.56 bits per heavy atom. The lowest BCUT2D eigenvalue weighted by atomic mass is 9.84. The van der Waals surface area contributed by atoms with Crippen LogP contribution in [0.15, 0.2) is 12.1 Å². The summed E-state index contributed by atoms with van der Waals surface area (Å²) in [4.78, 5) is 3.00. The van der Waals surface area contributed by atoms with E-state index in [9.17, 15) is 0 Å². The molecule has 0 aromatic carbocycles. The fraction of sp³-hybridized carbons (Fsp3) is 0.750. The second kappa shape index (κ2) is 6.72. The van der Waals surface area contributed by atoms with Crippen molar-refractivity contribution in [1.29, 1.82) is 0 Å². The van der Waals surface area contributed by atoms with Gasteiger partial charge in [0.05, 0.1) is 0 Å². The third-order valence-electron chi connectivity index (χ3n) is 4.33. The maximum Gasteiger partial charge on any atom is 0.0388 e. The largest absolute Gasteiger partial charge is 0.307 e. The van der Waals surface area contributed by atoms with Crippen LogP contribution < -0.4 is 5.32 Å². The highest BCUT2D eigenvalue weighted by molar-refractivity contribution is 7.12. The third kappa shape index (κ3) is 3.58. The van der Waals surface area contributed by atoms with E-state index < -0.39 is 0 Å². The molecule has 1 nitrogen and oxygen atoms in total. The Balaban J connectivity index is 1.87. The highest BCUT2D eigenvalue weighted by Crippen LogP contribution is 2.29. The molecule has 1 aliphatic carbocycles. The highest BCUT2D eigenvalue weighted by atomic mass is 32.1. The molecule has 0 radical (unpaired) electrons. The van der Waals surface area contributed by atoms with Crippen molar-refractivity contribution in [2.24, 2.45) is 5.92 Å². The van der Waals surface area contributed by atoms with Gasteiger partial charge in [-0.05, 0) is 51.2 Å².